The SMILES string of the molecule is Cc1cc(/C=C2/SC(=O)N(CC(=O)Nc3ccccc3Cl)C2=O)c(C)n1-c1cccnc1. The van der Waals surface area contributed by atoms with Crippen molar-refractivity contribution in [3.63, 3.8) is 0 Å². The van der Waals surface area contributed by atoms with E-state index >= 15 is 0 Å². The fourth-order valence-corrected chi connectivity index (χ4v) is 4.50. The van der Waals surface area contributed by atoms with Crippen LogP contribution in [-0.4, -0.2) is 38.0 Å². The maximum Gasteiger partial charge on any atom is 0.294 e. The Morgan fingerprint density at radius 1 is 1.19 bits per heavy atom. The number of halogens is 1. The number of amides is 3. The summed E-state index contributed by atoms with van der Waals surface area (Å²) in [6.07, 6.45) is 5.15. The van der Waals surface area contributed by atoms with Gasteiger partial charge in [-0.3, -0.25) is 24.3 Å². The average Bonchev–Trinajstić information content (AvgIpc) is 3.19. The second-order valence-corrected chi connectivity index (χ2v) is 8.57. The summed E-state index contributed by atoms with van der Waals surface area (Å²) in [5.41, 5.74) is 4.03. The number of carbonyl (C=O) groups is 3. The minimum Gasteiger partial charge on any atom is -0.323 e. The summed E-state index contributed by atoms with van der Waals surface area (Å²) in [4.78, 5) is 43.0. The lowest BCUT2D eigenvalue weighted by Gasteiger charge is -2.13. The molecule has 0 saturated carbocycles. The van der Waals surface area contributed by atoms with Crippen molar-refractivity contribution < 1.29 is 14.4 Å². The lowest BCUT2D eigenvalue weighted by atomic mass is 10.2. The maximum atomic E-state index is 12.8. The van der Waals surface area contributed by atoms with Gasteiger partial charge in [0.05, 0.1) is 27.5 Å². The topological polar surface area (TPSA) is 84.3 Å². The second-order valence-electron chi connectivity index (χ2n) is 7.17. The number of nitrogens with one attached hydrogen (secondary N) is 1. The van der Waals surface area contributed by atoms with Crippen molar-refractivity contribution in [3.8, 4) is 5.69 Å². The third kappa shape index (κ3) is 4.32. The molecule has 9 heteroatoms. The Hall–Kier alpha value is -3.36. The number of para-hydroxylation sites is 1. The highest BCUT2D eigenvalue weighted by Crippen LogP contribution is 2.33. The first kappa shape index (κ1) is 21.9. The average molecular weight is 467 g/mol. The molecule has 0 atom stereocenters. The van der Waals surface area contributed by atoms with Crippen molar-refractivity contribution in [1.82, 2.24) is 14.5 Å². The van der Waals surface area contributed by atoms with E-state index in [-0.39, 0.29) is 11.4 Å². The number of benzene rings is 1. The van der Waals surface area contributed by atoms with Crippen molar-refractivity contribution >= 4 is 52.2 Å². The Morgan fingerprint density at radius 3 is 2.69 bits per heavy atom. The van der Waals surface area contributed by atoms with Gasteiger partial charge in [-0.1, -0.05) is 23.7 Å². The summed E-state index contributed by atoms with van der Waals surface area (Å²) >= 11 is 6.87. The third-order valence-corrected chi connectivity index (χ3v) is 6.22. The second kappa shape index (κ2) is 9.02. The van der Waals surface area contributed by atoms with Gasteiger partial charge in [0.25, 0.3) is 11.1 Å². The summed E-state index contributed by atoms with van der Waals surface area (Å²) < 4.78 is 2.03. The number of rotatable bonds is 5. The van der Waals surface area contributed by atoms with E-state index < -0.39 is 17.1 Å². The molecule has 1 saturated heterocycles. The first-order valence-corrected chi connectivity index (χ1v) is 10.9. The molecular weight excluding hydrogens is 448 g/mol. The highest BCUT2D eigenvalue weighted by Gasteiger charge is 2.36. The molecule has 0 radical (unpaired) electrons. The number of aromatic nitrogens is 2. The Labute approximate surface area is 194 Å². The number of nitrogens with zero attached hydrogens (tertiary/aromatic N) is 3. The molecule has 7 nitrogen and oxygen atoms in total. The van der Waals surface area contributed by atoms with E-state index in [0.29, 0.717) is 10.7 Å². The first-order valence-electron chi connectivity index (χ1n) is 9.74. The molecule has 4 rings (SSSR count). The zero-order chi connectivity index (χ0) is 22.8. The molecule has 162 valence electrons. The van der Waals surface area contributed by atoms with Crippen molar-refractivity contribution in [2.45, 2.75) is 13.8 Å². The molecule has 1 N–H and O–H groups in total. The van der Waals surface area contributed by atoms with Gasteiger partial charge in [-0.05, 0) is 67.6 Å². The van der Waals surface area contributed by atoms with E-state index in [2.05, 4.69) is 10.3 Å². The van der Waals surface area contributed by atoms with E-state index in [1.165, 1.54) is 0 Å². The lowest BCUT2D eigenvalue weighted by Crippen LogP contribution is -2.36. The van der Waals surface area contributed by atoms with Crippen LogP contribution in [0.15, 0.2) is 59.8 Å². The standard InChI is InChI=1S/C23H19ClN4O3S/c1-14-10-16(15(2)28(14)17-6-5-9-25-12-17)11-20-22(30)27(23(31)32-20)13-21(29)26-19-8-4-3-7-18(19)24/h3-12H,13H2,1-2H3,(H,26,29)/b20-11+. The van der Waals surface area contributed by atoms with Gasteiger partial charge in [0, 0.05) is 17.6 Å². The molecule has 0 aliphatic carbocycles. The van der Waals surface area contributed by atoms with E-state index in [0.717, 1.165) is 39.3 Å². The van der Waals surface area contributed by atoms with Crippen LogP contribution in [0.3, 0.4) is 0 Å². The molecule has 2 aromatic heterocycles. The van der Waals surface area contributed by atoms with Gasteiger partial charge in [0.1, 0.15) is 6.54 Å². The van der Waals surface area contributed by atoms with Crippen LogP contribution in [0.5, 0.6) is 0 Å². The normalized spacial score (nSPS) is 15.0. The number of anilines is 1. The number of carbonyl (C=O) groups excluding carboxylic acids is 3. The summed E-state index contributed by atoms with van der Waals surface area (Å²) in [5, 5.41) is 2.51. The Balaban J connectivity index is 1.53. The van der Waals surface area contributed by atoms with Gasteiger partial charge in [-0.15, -0.1) is 0 Å². The summed E-state index contributed by atoms with van der Waals surface area (Å²) in [6.45, 7) is 3.51. The van der Waals surface area contributed by atoms with Crippen LogP contribution in [0, 0.1) is 13.8 Å². The fraction of sp³-hybridized carbons (Fsp3) is 0.130. The first-order chi connectivity index (χ1) is 15.3. The highest BCUT2D eigenvalue weighted by molar-refractivity contribution is 8.18. The predicted molar refractivity (Wildman–Crippen MR) is 126 cm³/mol. The predicted octanol–water partition coefficient (Wildman–Crippen LogP) is 4.82. The number of aryl methyl sites for hydroxylation is 1. The number of hydrogen-bond acceptors (Lipinski definition) is 5. The van der Waals surface area contributed by atoms with E-state index in [1.54, 1.807) is 42.7 Å². The van der Waals surface area contributed by atoms with E-state index in [1.807, 2.05) is 36.6 Å². The smallest absolute Gasteiger partial charge is 0.294 e. The lowest BCUT2D eigenvalue weighted by molar-refractivity contribution is -0.127. The van der Waals surface area contributed by atoms with Crippen LogP contribution in [0.1, 0.15) is 17.0 Å². The maximum absolute atomic E-state index is 12.8. The molecule has 0 spiro atoms. The van der Waals surface area contributed by atoms with Crippen LogP contribution in [0.4, 0.5) is 10.5 Å². The number of pyridine rings is 1. The quantitative estimate of drug-likeness (QED) is 0.545. The molecular formula is C23H19ClN4O3S. The van der Waals surface area contributed by atoms with Crippen molar-refractivity contribution in [2.75, 3.05) is 11.9 Å². The molecule has 3 heterocycles. The Bertz CT molecular complexity index is 1250. The van der Waals surface area contributed by atoms with E-state index in [4.69, 9.17) is 11.6 Å². The van der Waals surface area contributed by atoms with Crippen LogP contribution >= 0.6 is 23.4 Å². The third-order valence-electron chi connectivity index (χ3n) is 4.98. The Kier molecular flexibility index (Phi) is 6.16. The Morgan fingerprint density at radius 2 is 1.97 bits per heavy atom. The van der Waals surface area contributed by atoms with Gasteiger partial charge in [-0.2, -0.15) is 0 Å². The van der Waals surface area contributed by atoms with Crippen LogP contribution in [-0.2, 0) is 9.59 Å². The van der Waals surface area contributed by atoms with Gasteiger partial charge < -0.3 is 9.88 Å². The zero-order valence-electron chi connectivity index (χ0n) is 17.3. The van der Waals surface area contributed by atoms with Crippen molar-refractivity contribution in [2.24, 2.45) is 0 Å². The molecule has 3 amide bonds. The number of thioether (sulfide) groups is 1. The summed E-state index contributed by atoms with van der Waals surface area (Å²) in [5.74, 6) is -1.00. The zero-order valence-corrected chi connectivity index (χ0v) is 18.9. The minimum atomic E-state index is -0.503. The summed E-state index contributed by atoms with van der Waals surface area (Å²) in [6, 6.07) is 12.5. The monoisotopic (exact) mass is 466 g/mol. The van der Waals surface area contributed by atoms with Crippen LogP contribution < -0.4 is 5.32 Å². The molecule has 32 heavy (non-hydrogen) atoms. The van der Waals surface area contributed by atoms with Crippen molar-refractivity contribution in [1.29, 1.82) is 0 Å². The minimum absolute atomic E-state index is 0.270. The van der Waals surface area contributed by atoms with Gasteiger partial charge in [-0.25, -0.2) is 0 Å². The van der Waals surface area contributed by atoms with Gasteiger partial charge in [0.15, 0.2) is 0 Å². The van der Waals surface area contributed by atoms with Crippen LogP contribution in [0.25, 0.3) is 11.8 Å². The van der Waals surface area contributed by atoms with E-state index in [9.17, 15) is 14.4 Å². The number of imide groups is 1. The molecule has 1 aliphatic rings. The molecule has 1 aliphatic heterocycles. The molecule has 3 aromatic rings. The molecule has 1 aromatic carbocycles. The van der Waals surface area contributed by atoms with Crippen LogP contribution in [0.2, 0.25) is 5.02 Å². The summed E-state index contributed by atoms with van der Waals surface area (Å²) in [7, 11) is 0. The van der Waals surface area contributed by atoms with Crippen molar-refractivity contribution in [3.05, 3.63) is 81.7 Å². The fourth-order valence-electron chi connectivity index (χ4n) is 3.49. The molecule has 1 fully saturated rings. The molecule has 0 unspecified atom stereocenters. The number of hydrogen-bond donors (Lipinski definition) is 1. The van der Waals surface area contributed by atoms with Gasteiger partial charge >= 0.3 is 0 Å². The molecule has 0 bridgehead atoms. The highest BCUT2D eigenvalue weighted by atomic mass is 35.5. The largest absolute Gasteiger partial charge is 0.323 e. The van der Waals surface area contributed by atoms with Gasteiger partial charge in [0.2, 0.25) is 5.91 Å².